The van der Waals surface area contributed by atoms with Gasteiger partial charge in [0.25, 0.3) is 5.56 Å². The number of hydrogen-bond donors (Lipinski definition) is 0. The topological polar surface area (TPSA) is 47.5 Å². The van der Waals surface area contributed by atoms with Gasteiger partial charge in [0.15, 0.2) is 0 Å². The first-order valence-electron chi connectivity index (χ1n) is 9.08. The fourth-order valence-corrected chi connectivity index (χ4v) is 3.52. The molecule has 26 heavy (non-hydrogen) atoms. The molecule has 0 unspecified atom stereocenters. The van der Waals surface area contributed by atoms with Crippen molar-refractivity contribution in [2.45, 2.75) is 45.1 Å². The third-order valence-corrected chi connectivity index (χ3v) is 4.91. The second kappa shape index (κ2) is 6.90. The molecule has 3 aromatic rings. The van der Waals surface area contributed by atoms with E-state index in [1.54, 1.807) is 18.2 Å². The highest BCUT2D eigenvalue weighted by molar-refractivity contribution is 5.76. The van der Waals surface area contributed by atoms with Crippen LogP contribution in [0.1, 0.15) is 37.7 Å². The monoisotopic (exact) mass is 352 g/mol. The number of halogens is 1. The Hall–Kier alpha value is -2.69. The quantitative estimate of drug-likeness (QED) is 0.692. The molecule has 1 aliphatic carbocycles. The van der Waals surface area contributed by atoms with Crippen LogP contribution in [-0.2, 0) is 0 Å². The lowest BCUT2D eigenvalue weighted by Gasteiger charge is -2.17. The molecule has 1 aliphatic rings. The van der Waals surface area contributed by atoms with Crippen molar-refractivity contribution in [1.29, 1.82) is 0 Å². The predicted octanol–water partition coefficient (Wildman–Crippen LogP) is 4.26. The van der Waals surface area contributed by atoms with E-state index in [0.29, 0.717) is 16.7 Å². The van der Waals surface area contributed by atoms with Crippen LogP contribution in [0.3, 0.4) is 0 Å². The largest absolute Gasteiger partial charge is 0.425 e. The van der Waals surface area contributed by atoms with Crippen LogP contribution in [0.5, 0.6) is 0 Å². The summed E-state index contributed by atoms with van der Waals surface area (Å²) in [4.78, 5) is 17.9. The summed E-state index contributed by atoms with van der Waals surface area (Å²) in [5, 5.41) is 0.497. The summed E-state index contributed by atoms with van der Waals surface area (Å²) in [6.07, 6.45) is 5.51. The van der Waals surface area contributed by atoms with E-state index in [1.165, 1.54) is 23.1 Å². The molecule has 1 fully saturated rings. The Labute approximate surface area is 150 Å². The molecule has 0 saturated heterocycles. The van der Waals surface area contributed by atoms with Crippen LogP contribution >= 0.6 is 0 Å². The van der Waals surface area contributed by atoms with E-state index in [0.717, 1.165) is 31.2 Å². The van der Waals surface area contributed by atoms with E-state index in [-0.39, 0.29) is 23.1 Å². The molecule has 2 aromatic carbocycles. The number of hydrogen-bond acceptors (Lipinski definition) is 3. The van der Waals surface area contributed by atoms with Gasteiger partial charge in [0.2, 0.25) is 0 Å². The molecule has 0 amide bonds. The summed E-state index contributed by atoms with van der Waals surface area (Å²) in [5.74, 6) is -0.346. The first-order valence-corrected chi connectivity index (χ1v) is 9.08. The lowest BCUT2D eigenvalue weighted by atomic mass is 9.96. The maximum atomic E-state index is 13.3. The molecule has 1 saturated carbocycles. The normalized spacial score (nSPS) is 16.3. The minimum absolute atomic E-state index is 0.154. The minimum Gasteiger partial charge on any atom is -0.425 e. The number of rotatable bonds is 2. The Balaban J connectivity index is 2.00. The average Bonchev–Trinajstić information content (AvgIpc) is 2.65. The molecular formula is C21H21FN2O2. The second-order valence-electron chi connectivity index (χ2n) is 6.92. The molecule has 5 heteroatoms. The Morgan fingerprint density at radius 1 is 1.08 bits per heavy atom. The smallest absolute Gasteiger partial charge is 0.305 e. The van der Waals surface area contributed by atoms with Crippen LogP contribution in [-0.4, -0.2) is 10.6 Å². The average molecular weight is 352 g/mol. The zero-order valence-corrected chi connectivity index (χ0v) is 14.7. The van der Waals surface area contributed by atoms with Crippen molar-refractivity contribution in [2.75, 3.05) is 0 Å². The van der Waals surface area contributed by atoms with Gasteiger partial charge in [-0.05, 0) is 56.2 Å². The van der Waals surface area contributed by atoms with Gasteiger partial charge in [0, 0.05) is 0 Å². The highest BCUT2D eigenvalue weighted by atomic mass is 19.1. The Bertz CT molecular complexity index is 1060. The van der Waals surface area contributed by atoms with Crippen LogP contribution in [0.15, 0.2) is 56.7 Å². The summed E-state index contributed by atoms with van der Waals surface area (Å²) in [6.45, 7) is 1.93. The zero-order valence-electron chi connectivity index (χ0n) is 14.7. The molecule has 0 aliphatic heterocycles. The van der Waals surface area contributed by atoms with E-state index >= 15 is 0 Å². The van der Waals surface area contributed by atoms with Crippen LogP contribution in [0.4, 0.5) is 4.39 Å². The minimum atomic E-state index is -0.346. The van der Waals surface area contributed by atoms with Crippen LogP contribution in [0, 0.1) is 12.7 Å². The number of aryl methyl sites for hydroxylation is 1. The number of benzene rings is 2. The van der Waals surface area contributed by atoms with E-state index in [1.807, 2.05) is 19.1 Å². The van der Waals surface area contributed by atoms with Crippen molar-refractivity contribution in [3.8, 4) is 5.69 Å². The lowest BCUT2D eigenvalue weighted by Crippen LogP contribution is -2.33. The molecule has 0 spiro atoms. The fourth-order valence-electron chi connectivity index (χ4n) is 3.52. The third-order valence-electron chi connectivity index (χ3n) is 4.91. The molecule has 0 N–H and O–H groups in total. The van der Waals surface area contributed by atoms with Gasteiger partial charge in [-0.1, -0.05) is 30.9 Å². The molecule has 134 valence electrons. The first-order chi connectivity index (χ1) is 12.6. The van der Waals surface area contributed by atoms with E-state index in [2.05, 4.69) is 0 Å². The van der Waals surface area contributed by atoms with Crippen LogP contribution in [0.25, 0.3) is 16.7 Å². The highest BCUT2D eigenvalue weighted by Gasteiger charge is 2.15. The molecule has 4 rings (SSSR count). The molecular weight excluding hydrogens is 331 g/mol. The maximum absolute atomic E-state index is 13.3. The molecule has 0 bridgehead atoms. The van der Waals surface area contributed by atoms with Crippen molar-refractivity contribution in [2.24, 2.45) is 4.99 Å². The van der Waals surface area contributed by atoms with Crippen LogP contribution in [0.2, 0.25) is 0 Å². The SMILES string of the molecule is Cc1ccc2oc(=NC3CCCCC3)n(-c3ccc(F)cc3)c(=O)c2c1. The fraction of sp³-hybridized carbons (Fsp3) is 0.333. The summed E-state index contributed by atoms with van der Waals surface area (Å²) >= 11 is 0. The van der Waals surface area contributed by atoms with Gasteiger partial charge in [-0.25, -0.2) is 13.9 Å². The van der Waals surface area contributed by atoms with Gasteiger partial charge in [-0.15, -0.1) is 0 Å². The van der Waals surface area contributed by atoms with Gasteiger partial charge in [0.1, 0.15) is 11.4 Å². The van der Waals surface area contributed by atoms with Crippen molar-refractivity contribution in [3.05, 3.63) is 69.9 Å². The van der Waals surface area contributed by atoms with Gasteiger partial charge in [0.05, 0.1) is 17.1 Å². The van der Waals surface area contributed by atoms with Crippen molar-refractivity contribution < 1.29 is 8.81 Å². The third kappa shape index (κ3) is 3.21. The first kappa shape index (κ1) is 16.8. The Kier molecular flexibility index (Phi) is 4.45. The standard InChI is InChI=1S/C21H21FN2O2/c1-14-7-12-19-18(13-14)20(25)24(17-10-8-15(22)9-11-17)21(26-19)23-16-5-3-2-4-6-16/h7-13,16H,2-6H2,1H3. The van der Waals surface area contributed by atoms with Crippen molar-refractivity contribution in [3.63, 3.8) is 0 Å². The zero-order chi connectivity index (χ0) is 18.1. The Morgan fingerprint density at radius 3 is 2.54 bits per heavy atom. The molecule has 0 radical (unpaired) electrons. The highest BCUT2D eigenvalue weighted by Crippen LogP contribution is 2.20. The summed E-state index contributed by atoms with van der Waals surface area (Å²) in [5.41, 5.74) is 2.14. The summed E-state index contributed by atoms with van der Waals surface area (Å²) in [7, 11) is 0. The molecule has 1 aromatic heterocycles. The van der Waals surface area contributed by atoms with Crippen molar-refractivity contribution in [1.82, 2.24) is 4.57 Å². The van der Waals surface area contributed by atoms with Crippen LogP contribution < -0.4 is 11.2 Å². The molecule has 1 heterocycles. The van der Waals surface area contributed by atoms with Gasteiger partial charge < -0.3 is 4.42 Å². The molecule has 4 nitrogen and oxygen atoms in total. The number of nitrogens with zero attached hydrogens (tertiary/aromatic N) is 2. The van der Waals surface area contributed by atoms with E-state index < -0.39 is 0 Å². The predicted molar refractivity (Wildman–Crippen MR) is 98.9 cm³/mol. The second-order valence-corrected chi connectivity index (χ2v) is 6.92. The van der Waals surface area contributed by atoms with E-state index in [9.17, 15) is 9.18 Å². The summed E-state index contributed by atoms with van der Waals surface area (Å²) < 4.78 is 20.8. The Morgan fingerprint density at radius 2 is 1.81 bits per heavy atom. The number of aromatic nitrogens is 1. The van der Waals surface area contributed by atoms with Gasteiger partial charge in [-0.2, -0.15) is 0 Å². The van der Waals surface area contributed by atoms with Gasteiger partial charge >= 0.3 is 5.68 Å². The van der Waals surface area contributed by atoms with Crippen molar-refractivity contribution >= 4 is 11.0 Å². The number of fused-ring (bicyclic) bond motifs is 1. The van der Waals surface area contributed by atoms with Gasteiger partial charge in [-0.3, -0.25) is 4.79 Å². The maximum Gasteiger partial charge on any atom is 0.305 e. The lowest BCUT2D eigenvalue weighted by molar-refractivity contribution is 0.400. The molecule has 0 atom stereocenters. The summed E-state index contributed by atoms with van der Waals surface area (Å²) in [6, 6.07) is 11.5. The van der Waals surface area contributed by atoms with E-state index in [4.69, 9.17) is 9.41 Å².